The first-order chi connectivity index (χ1) is 19.2. The maximum atomic E-state index is 14.1. The fourth-order valence-corrected chi connectivity index (χ4v) is 5.01. The molecule has 0 aliphatic heterocycles. The SMILES string of the molecule is CCCCc1ccc(C(=O)N(CCC(C)C)C(C)c2nc3ccccc3c(=O)n2-c2cc(C)ccc2OC)cc1. The number of nitrogens with zero attached hydrogens (tertiary/aromatic N) is 3. The Bertz CT molecular complexity index is 1520. The molecule has 6 heteroatoms. The lowest BCUT2D eigenvalue weighted by Gasteiger charge is -2.31. The third kappa shape index (κ3) is 6.27. The third-order valence-corrected chi connectivity index (χ3v) is 7.45. The second-order valence-electron chi connectivity index (χ2n) is 11.0. The average Bonchev–Trinajstić information content (AvgIpc) is 2.96. The molecule has 4 rings (SSSR count). The van der Waals surface area contributed by atoms with E-state index in [0.717, 1.165) is 31.2 Å². The molecule has 3 aromatic carbocycles. The molecule has 0 aliphatic rings. The molecule has 0 aliphatic carbocycles. The normalized spacial score (nSPS) is 12.1. The quantitative estimate of drug-likeness (QED) is 0.201. The van der Waals surface area contributed by atoms with Crippen LogP contribution in [0, 0.1) is 12.8 Å². The van der Waals surface area contributed by atoms with E-state index >= 15 is 0 Å². The summed E-state index contributed by atoms with van der Waals surface area (Å²) in [6, 6.07) is 20.6. The van der Waals surface area contributed by atoms with E-state index in [1.807, 2.05) is 67.3 Å². The van der Waals surface area contributed by atoms with Gasteiger partial charge in [0, 0.05) is 12.1 Å². The summed E-state index contributed by atoms with van der Waals surface area (Å²) < 4.78 is 7.31. The van der Waals surface area contributed by atoms with Crippen molar-refractivity contribution >= 4 is 16.8 Å². The molecule has 0 saturated heterocycles. The van der Waals surface area contributed by atoms with Crippen LogP contribution in [0.25, 0.3) is 16.6 Å². The Morgan fingerprint density at radius 2 is 1.75 bits per heavy atom. The fraction of sp³-hybridized carbons (Fsp3) is 0.382. The summed E-state index contributed by atoms with van der Waals surface area (Å²) in [7, 11) is 1.60. The first-order valence-corrected chi connectivity index (χ1v) is 14.3. The monoisotopic (exact) mass is 539 g/mol. The van der Waals surface area contributed by atoms with Gasteiger partial charge in [0.2, 0.25) is 0 Å². The number of rotatable bonds is 11. The van der Waals surface area contributed by atoms with Gasteiger partial charge in [-0.1, -0.05) is 57.5 Å². The standard InChI is InChI=1S/C34H41N3O3/c1-7-8-11-26-15-17-27(18-16-26)33(38)36(21-20-23(2)3)25(5)32-35-29-13-10-9-12-28(29)34(39)37(32)30-22-24(4)14-19-31(30)40-6/h9-10,12-19,22-23,25H,7-8,11,20-21H2,1-6H3. The van der Waals surface area contributed by atoms with Gasteiger partial charge >= 0.3 is 0 Å². The maximum Gasteiger partial charge on any atom is 0.266 e. The average molecular weight is 540 g/mol. The molecule has 0 spiro atoms. The number of carbonyl (C=O) groups excluding carboxylic acids is 1. The van der Waals surface area contributed by atoms with E-state index < -0.39 is 6.04 Å². The maximum absolute atomic E-state index is 14.1. The molecule has 1 amide bonds. The number of ether oxygens (including phenoxy) is 1. The third-order valence-electron chi connectivity index (χ3n) is 7.45. The lowest BCUT2D eigenvalue weighted by atomic mass is 10.0. The molecule has 1 atom stereocenters. The highest BCUT2D eigenvalue weighted by Gasteiger charge is 2.28. The topological polar surface area (TPSA) is 64.4 Å². The molecule has 1 unspecified atom stereocenters. The largest absolute Gasteiger partial charge is 0.495 e. The smallest absolute Gasteiger partial charge is 0.266 e. The Balaban J connectivity index is 1.87. The van der Waals surface area contributed by atoms with Crippen LogP contribution in [0.15, 0.2) is 71.5 Å². The highest BCUT2D eigenvalue weighted by atomic mass is 16.5. The fourth-order valence-electron chi connectivity index (χ4n) is 5.01. The minimum atomic E-state index is -0.478. The van der Waals surface area contributed by atoms with Gasteiger partial charge in [-0.25, -0.2) is 4.98 Å². The molecular formula is C34H41N3O3. The summed E-state index contributed by atoms with van der Waals surface area (Å²) in [6.07, 6.45) is 4.09. The van der Waals surface area contributed by atoms with E-state index in [2.05, 4.69) is 32.9 Å². The predicted molar refractivity (Wildman–Crippen MR) is 163 cm³/mol. The number of unbranched alkanes of at least 4 members (excludes halogenated alkanes) is 1. The van der Waals surface area contributed by atoms with Gasteiger partial charge in [-0.05, 0) is 86.6 Å². The number of carbonyl (C=O) groups is 1. The molecule has 1 heterocycles. The molecule has 6 nitrogen and oxygen atoms in total. The minimum absolute atomic E-state index is 0.0691. The number of amides is 1. The van der Waals surface area contributed by atoms with Gasteiger partial charge in [0.1, 0.15) is 11.6 Å². The van der Waals surface area contributed by atoms with E-state index in [1.54, 1.807) is 17.7 Å². The van der Waals surface area contributed by atoms with Crippen LogP contribution in [0.4, 0.5) is 0 Å². The lowest BCUT2D eigenvalue weighted by Crippen LogP contribution is -2.38. The Kier molecular flexibility index (Phi) is 9.41. The summed E-state index contributed by atoms with van der Waals surface area (Å²) in [5, 5.41) is 0.518. The van der Waals surface area contributed by atoms with E-state index in [0.29, 0.717) is 46.2 Å². The van der Waals surface area contributed by atoms with E-state index in [1.165, 1.54) is 5.56 Å². The number of fused-ring (bicyclic) bond motifs is 1. The van der Waals surface area contributed by atoms with Gasteiger partial charge in [0.05, 0.1) is 29.7 Å². The molecule has 0 N–H and O–H groups in total. The van der Waals surface area contributed by atoms with Gasteiger partial charge in [-0.2, -0.15) is 0 Å². The van der Waals surface area contributed by atoms with Crippen LogP contribution in [0.1, 0.15) is 80.3 Å². The summed E-state index contributed by atoms with van der Waals surface area (Å²) in [5.74, 6) is 1.41. The van der Waals surface area contributed by atoms with Gasteiger partial charge in [-0.3, -0.25) is 14.2 Å². The van der Waals surface area contributed by atoms with Crippen molar-refractivity contribution in [3.63, 3.8) is 0 Å². The molecular weight excluding hydrogens is 498 g/mol. The van der Waals surface area contributed by atoms with Crippen molar-refractivity contribution in [3.05, 3.63) is 99.6 Å². The Labute approximate surface area is 237 Å². The molecule has 4 aromatic rings. The number of para-hydroxylation sites is 1. The van der Waals surface area contributed by atoms with E-state index in [9.17, 15) is 9.59 Å². The molecule has 0 fully saturated rings. The van der Waals surface area contributed by atoms with Crippen molar-refractivity contribution in [1.29, 1.82) is 0 Å². The predicted octanol–water partition coefficient (Wildman–Crippen LogP) is 7.29. The van der Waals surface area contributed by atoms with E-state index in [-0.39, 0.29) is 11.5 Å². The summed E-state index contributed by atoms with van der Waals surface area (Å²) in [6.45, 7) is 11.0. The van der Waals surface area contributed by atoms with Crippen LogP contribution in [-0.4, -0.2) is 34.0 Å². The Hall–Kier alpha value is -3.93. The van der Waals surface area contributed by atoms with E-state index in [4.69, 9.17) is 9.72 Å². The zero-order valence-electron chi connectivity index (χ0n) is 24.6. The number of hydrogen-bond donors (Lipinski definition) is 0. The minimum Gasteiger partial charge on any atom is -0.495 e. The van der Waals surface area contributed by atoms with Gasteiger partial charge in [0.25, 0.3) is 11.5 Å². The second kappa shape index (κ2) is 12.9. The van der Waals surface area contributed by atoms with Gasteiger partial charge < -0.3 is 9.64 Å². The van der Waals surface area contributed by atoms with Crippen molar-refractivity contribution < 1.29 is 9.53 Å². The van der Waals surface area contributed by atoms with Crippen molar-refractivity contribution in [1.82, 2.24) is 14.5 Å². The molecule has 210 valence electrons. The number of hydrogen-bond acceptors (Lipinski definition) is 4. The van der Waals surface area contributed by atoms with Crippen LogP contribution in [0.2, 0.25) is 0 Å². The summed E-state index contributed by atoms with van der Waals surface area (Å²) in [5.41, 5.74) is 3.89. The number of benzene rings is 3. The number of aromatic nitrogens is 2. The van der Waals surface area contributed by atoms with Crippen molar-refractivity contribution in [3.8, 4) is 11.4 Å². The lowest BCUT2D eigenvalue weighted by molar-refractivity contribution is 0.0671. The highest BCUT2D eigenvalue weighted by molar-refractivity contribution is 5.94. The summed E-state index contributed by atoms with van der Waals surface area (Å²) in [4.78, 5) is 35.0. The van der Waals surface area contributed by atoms with Crippen molar-refractivity contribution in [2.75, 3.05) is 13.7 Å². The molecule has 1 aromatic heterocycles. The first-order valence-electron chi connectivity index (χ1n) is 14.3. The molecule has 0 bridgehead atoms. The van der Waals surface area contributed by atoms with Crippen molar-refractivity contribution in [2.45, 2.75) is 66.3 Å². The van der Waals surface area contributed by atoms with Crippen LogP contribution in [0.5, 0.6) is 5.75 Å². The first kappa shape index (κ1) is 29.1. The van der Waals surface area contributed by atoms with Crippen molar-refractivity contribution in [2.24, 2.45) is 5.92 Å². The summed E-state index contributed by atoms with van der Waals surface area (Å²) >= 11 is 0. The highest BCUT2D eigenvalue weighted by Crippen LogP contribution is 2.30. The van der Waals surface area contributed by atoms with Crippen LogP contribution < -0.4 is 10.3 Å². The second-order valence-corrected chi connectivity index (χ2v) is 11.0. The molecule has 40 heavy (non-hydrogen) atoms. The van der Waals surface area contributed by atoms with Crippen LogP contribution in [0.3, 0.4) is 0 Å². The zero-order chi connectivity index (χ0) is 28.8. The van der Waals surface area contributed by atoms with Crippen LogP contribution in [-0.2, 0) is 6.42 Å². The molecule has 0 radical (unpaired) electrons. The number of aryl methyl sites for hydroxylation is 2. The van der Waals surface area contributed by atoms with Gasteiger partial charge in [0.15, 0.2) is 0 Å². The Morgan fingerprint density at radius 3 is 2.42 bits per heavy atom. The molecule has 0 saturated carbocycles. The van der Waals surface area contributed by atoms with Crippen LogP contribution >= 0.6 is 0 Å². The zero-order valence-corrected chi connectivity index (χ0v) is 24.6. The Morgan fingerprint density at radius 1 is 1.02 bits per heavy atom. The van der Waals surface area contributed by atoms with Gasteiger partial charge in [-0.15, -0.1) is 0 Å². The number of methoxy groups -OCH3 is 1.